The second-order valence-electron chi connectivity index (χ2n) is 5.36. The molecule has 2 N–H and O–H groups in total. The van der Waals surface area contributed by atoms with Gasteiger partial charge in [-0.25, -0.2) is 14.8 Å². The van der Waals surface area contributed by atoms with Crippen molar-refractivity contribution in [2.75, 3.05) is 5.32 Å². The summed E-state index contributed by atoms with van der Waals surface area (Å²) in [6.07, 6.45) is 3.79. The summed E-state index contributed by atoms with van der Waals surface area (Å²) in [5.74, 6) is 0.588. The summed E-state index contributed by atoms with van der Waals surface area (Å²) < 4.78 is 10.1. The lowest BCUT2D eigenvalue weighted by Gasteiger charge is -2.20. The first-order valence-corrected chi connectivity index (χ1v) is 6.38. The van der Waals surface area contributed by atoms with Crippen LogP contribution in [0.1, 0.15) is 26.3 Å². The van der Waals surface area contributed by atoms with Crippen molar-refractivity contribution in [3.05, 3.63) is 30.4 Å². The Labute approximate surface area is 122 Å². The molecule has 0 spiro atoms. The minimum absolute atomic E-state index is 0.206. The van der Waals surface area contributed by atoms with Crippen molar-refractivity contribution in [2.45, 2.75) is 33.0 Å². The summed E-state index contributed by atoms with van der Waals surface area (Å²) in [4.78, 5) is 20.1. The molecule has 0 aromatic carbocycles. The molecular formula is C14H17N3O4. The van der Waals surface area contributed by atoms with E-state index in [2.05, 4.69) is 15.3 Å². The number of carbonyl (C=O) groups excluding carboxylic acids is 1. The number of amides is 1. The molecule has 0 radical (unpaired) electrons. The highest BCUT2D eigenvalue weighted by Crippen LogP contribution is 2.20. The van der Waals surface area contributed by atoms with E-state index in [1.54, 1.807) is 26.8 Å². The van der Waals surface area contributed by atoms with Crippen LogP contribution in [0.2, 0.25) is 0 Å². The van der Waals surface area contributed by atoms with Crippen molar-refractivity contribution in [2.24, 2.45) is 0 Å². The molecule has 0 bridgehead atoms. The number of furan rings is 1. The van der Waals surface area contributed by atoms with Crippen LogP contribution in [0.3, 0.4) is 0 Å². The Morgan fingerprint density at radius 1 is 1.48 bits per heavy atom. The van der Waals surface area contributed by atoms with Crippen LogP contribution in [-0.4, -0.2) is 26.8 Å². The van der Waals surface area contributed by atoms with Gasteiger partial charge in [0.25, 0.3) is 0 Å². The highest BCUT2D eigenvalue weighted by Gasteiger charge is 2.18. The van der Waals surface area contributed by atoms with Crippen LogP contribution in [0, 0.1) is 0 Å². The second-order valence-corrected chi connectivity index (χ2v) is 5.36. The van der Waals surface area contributed by atoms with Gasteiger partial charge in [0.15, 0.2) is 5.82 Å². The number of aromatic nitrogens is 2. The predicted molar refractivity (Wildman–Crippen MR) is 75.5 cm³/mol. The lowest BCUT2D eigenvalue weighted by molar-refractivity contribution is 0.0635. The van der Waals surface area contributed by atoms with E-state index in [-0.39, 0.29) is 12.4 Å². The van der Waals surface area contributed by atoms with Crippen LogP contribution in [0.25, 0.3) is 11.4 Å². The number of rotatable bonds is 3. The largest absolute Gasteiger partial charge is 0.472 e. The second kappa shape index (κ2) is 5.92. The van der Waals surface area contributed by atoms with Gasteiger partial charge in [0.1, 0.15) is 17.7 Å². The van der Waals surface area contributed by atoms with Gasteiger partial charge >= 0.3 is 6.09 Å². The number of nitrogens with one attached hydrogen (secondary N) is 1. The lowest BCUT2D eigenvalue weighted by Crippen LogP contribution is -2.28. The van der Waals surface area contributed by atoms with Gasteiger partial charge in [-0.15, -0.1) is 0 Å². The standard InChI is InChI=1S/C14H17N3O4/c1-14(2,3)21-13(19)17-12-10(7-18)6-15-11(16-12)9-4-5-20-8-9/h4-6,8,18H,7H2,1-3H3,(H,15,16,17,19). The van der Waals surface area contributed by atoms with Crippen molar-refractivity contribution in [3.8, 4) is 11.4 Å². The molecule has 2 rings (SSSR count). The molecule has 0 aliphatic rings. The third-order valence-corrected chi connectivity index (χ3v) is 2.43. The number of carbonyl (C=O) groups is 1. The Hall–Kier alpha value is -2.41. The average molecular weight is 291 g/mol. The van der Waals surface area contributed by atoms with E-state index in [4.69, 9.17) is 9.15 Å². The Bertz CT molecular complexity index is 618. The van der Waals surface area contributed by atoms with Gasteiger partial charge in [-0.05, 0) is 26.8 Å². The van der Waals surface area contributed by atoms with Gasteiger partial charge < -0.3 is 14.3 Å². The summed E-state index contributed by atoms with van der Waals surface area (Å²) in [6.45, 7) is 4.99. The van der Waals surface area contributed by atoms with Crippen molar-refractivity contribution in [1.29, 1.82) is 0 Å². The Morgan fingerprint density at radius 3 is 2.81 bits per heavy atom. The zero-order valence-corrected chi connectivity index (χ0v) is 12.1. The van der Waals surface area contributed by atoms with Crippen LogP contribution in [0.5, 0.6) is 0 Å². The third-order valence-electron chi connectivity index (χ3n) is 2.43. The molecule has 2 heterocycles. The van der Waals surface area contributed by atoms with Crippen molar-refractivity contribution >= 4 is 11.9 Å². The highest BCUT2D eigenvalue weighted by atomic mass is 16.6. The fraction of sp³-hybridized carbons (Fsp3) is 0.357. The number of nitrogens with zero attached hydrogens (tertiary/aromatic N) is 2. The van der Waals surface area contributed by atoms with E-state index < -0.39 is 11.7 Å². The molecule has 0 saturated heterocycles. The minimum Gasteiger partial charge on any atom is -0.472 e. The van der Waals surface area contributed by atoms with E-state index in [0.29, 0.717) is 17.0 Å². The van der Waals surface area contributed by atoms with E-state index in [1.165, 1.54) is 18.7 Å². The maximum atomic E-state index is 11.8. The smallest absolute Gasteiger partial charge is 0.413 e. The first kappa shape index (κ1) is 15.0. The minimum atomic E-state index is -0.644. The van der Waals surface area contributed by atoms with Gasteiger partial charge in [0.2, 0.25) is 0 Å². The highest BCUT2D eigenvalue weighted by molar-refractivity contribution is 5.84. The molecule has 2 aromatic rings. The SMILES string of the molecule is CC(C)(C)OC(=O)Nc1nc(-c2ccoc2)ncc1CO. The molecular weight excluding hydrogens is 274 g/mol. The van der Waals surface area contributed by atoms with Gasteiger partial charge in [-0.3, -0.25) is 5.32 Å². The number of ether oxygens (including phenoxy) is 1. The summed E-state index contributed by atoms with van der Waals surface area (Å²) in [7, 11) is 0. The van der Waals surface area contributed by atoms with Crippen molar-refractivity contribution in [3.63, 3.8) is 0 Å². The normalized spacial score (nSPS) is 11.2. The van der Waals surface area contributed by atoms with Gasteiger partial charge in [-0.2, -0.15) is 0 Å². The summed E-state index contributed by atoms with van der Waals surface area (Å²) in [5.41, 5.74) is 0.448. The topological polar surface area (TPSA) is 97.5 Å². The quantitative estimate of drug-likeness (QED) is 0.902. The molecule has 0 unspecified atom stereocenters. The van der Waals surface area contributed by atoms with Gasteiger partial charge in [0, 0.05) is 11.8 Å². The van der Waals surface area contributed by atoms with Crippen LogP contribution >= 0.6 is 0 Å². The van der Waals surface area contributed by atoms with E-state index >= 15 is 0 Å². The Balaban J connectivity index is 2.24. The number of aliphatic hydroxyl groups excluding tert-OH is 1. The van der Waals surface area contributed by atoms with Gasteiger partial charge in [-0.1, -0.05) is 0 Å². The first-order valence-electron chi connectivity index (χ1n) is 6.38. The summed E-state index contributed by atoms with van der Waals surface area (Å²) in [5, 5.41) is 11.8. The molecule has 7 nitrogen and oxygen atoms in total. The summed E-state index contributed by atoms with van der Waals surface area (Å²) in [6, 6.07) is 1.70. The van der Waals surface area contributed by atoms with E-state index in [9.17, 15) is 9.90 Å². The van der Waals surface area contributed by atoms with Crippen LogP contribution in [0.15, 0.2) is 29.2 Å². The van der Waals surface area contributed by atoms with Crippen LogP contribution in [0.4, 0.5) is 10.6 Å². The molecule has 0 fully saturated rings. The molecule has 0 aliphatic heterocycles. The van der Waals surface area contributed by atoms with Crippen molar-refractivity contribution < 1.29 is 19.1 Å². The number of anilines is 1. The zero-order valence-electron chi connectivity index (χ0n) is 12.1. The average Bonchev–Trinajstić information content (AvgIpc) is 2.90. The maximum absolute atomic E-state index is 11.8. The number of aliphatic hydroxyl groups is 1. The van der Waals surface area contributed by atoms with E-state index in [0.717, 1.165) is 0 Å². The maximum Gasteiger partial charge on any atom is 0.413 e. The fourth-order valence-corrected chi connectivity index (χ4v) is 1.56. The van der Waals surface area contributed by atoms with Crippen LogP contribution < -0.4 is 5.32 Å². The van der Waals surface area contributed by atoms with Crippen LogP contribution in [-0.2, 0) is 11.3 Å². The third kappa shape index (κ3) is 4.03. The van der Waals surface area contributed by atoms with Crippen molar-refractivity contribution in [1.82, 2.24) is 9.97 Å². The fourth-order valence-electron chi connectivity index (χ4n) is 1.56. The molecule has 0 aliphatic carbocycles. The van der Waals surface area contributed by atoms with Gasteiger partial charge in [0.05, 0.1) is 18.4 Å². The predicted octanol–water partition coefficient (Wildman–Crippen LogP) is 2.58. The molecule has 21 heavy (non-hydrogen) atoms. The van der Waals surface area contributed by atoms with E-state index in [1.807, 2.05) is 0 Å². The number of hydrogen-bond donors (Lipinski definition) is 2. The molecule has 0 atom stereocenters. The zero-order chi connectivity index (χ0) is 15.5. The molecule has 2 aromatic heterocycles. The molecule has 0 saturated carbocycles. The lowest BCUT2D eigenvalue weighted by atomic mass is 10.2. The molecule has 112 valence electrons. The monoisotopic (exact) mass is 291 g/mol. The molecule has 7 heteroatoms. The summed E-state index contributed by atoms with van der Waals surface area (Å²) >= 11 is 0. The Morgan fingerprint density at radius 2 is 2.24 bits per heavy atom. The first-order chi connectivity index (χ1) is 9.89. The Kier molecular flexibility index (Phi) is 4.23. The molecule has 1 amide bonds. The number of hydrogen-bond acceptors (Lipinski definition) is 6.